The molecule has 0 fully saturated rings. The first kappa shape index (κ1) is 20.3. The number of benzene rings is 1. The Morgan fingerprint density at radius 2 is 1.50 bits per heavy atom. The van der Waals surface area contributed by atoms with E-state index in [1.54, 1.807) is 0 Å². The number of carboxylic acid groups (broad SMARTS) is 1. The van der Waals surface area contributed by atoms with Crippen molar-refractivity contribution in [2.45, 2.75) is 44.6 Å². The van der Waals surface area contributed by atoms with Gasteiger partial charge in [-0.3, -0.25) is 4.79 Å². The van der Waals surface area contributed by atoms with Gasteiger partial charge in [0.25, 0.3) is 0 Å². The molecular formula is C15H17F6NO2. The molecule has 1 aromatic carbocycles. The highest BCUT2D eigenvalue weighted by Crippen LogP contribution is 2.44. The molecule has 0 radical (unpaired) electrons. The van der Waals surface area contributed by atoms with Crippen LogP contribution in [0.5, 0.6) is 0 Å². The maximum Gasteiger partial charge on any atom is 0.416 e. The number of nitrogens with two attached hydrogens (primary N) is 1. The van der Waals surface area contributed by atoms with Gasteiger partial charge in [-0.2, -0.15) is 26.3 Å². The molecule has 1 rings (SSSR count). The minimum Gasteiger partial charge on any atom is -0.480 e. The summed E-state index contributed by atoms with van der Waals surface area (Å²) in [5.41, 5.74) is 1.70. The highest BCUT2D eigenvalue weighted by molar-refractivity contribution is 5.73. The van der Waals surface area contributed by atoms with Crippen molar-refractivity contribution in [3.63, 3.8) is 0 Å². The SMILES string of the molecule is CC(CC(N)C(=O)O)C(C)c1c(C(F)(F)F)cccc1C(F)(F)F. The number of carboxylic acids is 1. The lowest BCUT2D eigenvalue weighted by Gasteiger charge is -2.28. The zero-order valence-electron chi connectivity index (χ0n) is 12.9. The van der Waals surface area contributed by atoms with Crippen LogP contribution in [0.25, 0.3) is 0 Å². The van der Waals surface area contributed by atoms with E-state index in [-0.39, 0.29) is 6.42 Å². The number of hydrogen-bond acceptors (Lipinski definition) is 2. The molecule has 0 aliphatic heterocycles. The van der Waals surface area contributed by atoms with Crippen LogP contribution < -0.4 is 5.73 Å². The van der Waals surface area contributed by atoms with Crippen LogP contribution in [0.15, 0.2) is 18.2 Å². The van der Waals surface area contributed by atoms with E-state index < -0.39 is 52.9 Å². The van der Waals surface area contributed by atoms with Gasteiger partial charge in [-0.1, -0.05) is 19.9 Å². The van der Waals surface area contributed by atoms with Gasteiger partial charge in [-0.15, -0.1) is 0 Å². The van der Waals surface area contributed by atoms with Gasteiger partial charge in [0.15, 0.2) is 0 Å². The normalized spacial score (nSPS) is 16.5. The first-order valence-electron chi connectivity index (χ1n) is 7.02. The molecule has 136 valence electrons. The van der Waals surface area contributed by atoms with E-state index in [9.17, 15) is 31.1 Å². The van der Waals surface area contributed by atoms with E-state index in [0.717, 1.165) is 0 Å². The van der Waals surface area contributed by atoms with E-state index in [1.807, 2.05) is 0 Å². The summed E-state index contributed by atoms with van der Waals surface area (Å²) in [5.74, 6) is -3.36. The van der Waals surface area contributed by atoms with E-state index >= 15 is 0 Å². The second-order valence-corrected chi connectivity index (χ2v) is 5.71. The Hall–Kier alpha value is -1.77. The Bertz CT molecular complexity index is 564. The second-order valence-electron chi connectivity index (χ2n) is 5.71. The fraction of sp³-hybridized carbons (Fsp3) is 0.533. The van der Waals surface area contributed by atoms with Crippen LogP contribution in [0, 0.1) is 5.92 Å². The van der Waals surface area contributed by atoms with Crippen LogP contribution in [-0.4, -0.2) is 17.1 Å². The fourth-order valence-corrected chi connectivity index (χ4v) is 2.54. The minimum atomic E-state index is -4.96. The number of rotatable bonds is 5. The Balaban J connectivity index is 3.40. The van der Waals surface area contributed by atoms with E-state index in [1.165, 1.54) is 13.8 Å². The van der Waals surface area contributed by atoms with Crippen molar-refractivity contribution in [1.82, 2.24) is 0 Å². The van der Waals surface area contributed by atoms with Gasteiger partial charge < -0.3 is 10.8 Å². The topological polar surface area (TPSA) is 63.3 Å². The smallest absolute Gasteiger partial charge is 0.416 e. The Morgan fingerprint density at radius 3 is 1.83 bits per heavy atom. The molecule has 0 aliphatic carbocycles. The van der Waals surface area contributed by atoms with Gasteiger partial charge in [0.1, 0.15) is 6.04 Å². The van der Waals surface area contributed by atoms with Gasteiger partial charge in [0, 0.05) is 0 Å². The third-order valence-electron chi connectivity index (χ3n) is 3.97. The molecule has 0 amide bonds. The molecule has 0 aromatic heterocycles. The monoisotopic (exact) mass is 357 g/mol. The molecule has 0 spiro atoms. The Kier molecular flexibility index (Phi) is 5.91. The van der Waals surface area contributed by atoms with Crippen molar-refractivity contribution in [2.24, 2.45) is 11.7 Å². The van der Waals surface area contributed by atoms with Crippen LogP contribution in [-0.2, 0) is 17.1 Å². The minimum absolute atomic E-state index is 0.250. The maximum absolute atomic E-state index is 13.1. The first-order chi connectivity index (χ1) is 10.8. The van der Waals surface area contributed by atoms with Gasteiger partial charge in [-0.05, 0) is 36.0 Å². The molecule has 24 heavy (non-hydrogen) atoms. The van der Waals surface area contributed by atoms with Gasteiger partial charge in [0.05, 0.1) is 11.1 Å². The quantitative estimate of drug-likeness (QED) is 0.774. The first-order valence-corrected chi connectivity index (χ1v) is 7.02. The van der Waals surface area contributed by atoms with Gasteiger partial charge >= 0.3 is 18.3 Å². The molecule has 0 aliphatic rings. The number of halogens is 6. The molecule has 3 atom stereocenters. The standard InChI is InChI=1S/C15H17F6NO2/c1-7(6-11(22)13(23)24)8(2)12-9(14(16,17)18)4-3-5-10(12)15(19,20)21/h3-5,7-8,11H,6,22H2,1-2H3,(H,23,24). The molecule has 0 saturated heterocycles. The molecule has 9 heteroatoms. The summed E-state index contributed by atoms with van der Waals surface area (Å²) in [6, 6.07) is 0.514. The second kappa shape index (κ2) is 7.00. The lowest BCUT2D eigenvalue weighted by molar-refractivity contribution is -0.145. The van der Waals surface area contributed by atoms with Crippen LogP contribution in [0.3, 0.4) is 0 Å². The summed E-state index contributed by atoms with van der Waals surface area (Å²) in [7, 11) is 0. The molecule has 3 unspecified atom stereocenters. The van der Waals surface area contributed by atoms with Crippen molar-refractivity contribution in [1.29, 1.82) is 0 Å². The van der Waals surface area contributed by atoms with Crippen LogP contribution in [0.2, 0.25) is 0 Å². The van der Waals surface area contributed by atoms with Crippen molar-refractivity contribution >= 4 is 5.97 Å². The predicted molar refractivity (Wildman–Crippen MR) is 74.3 cm³/mol. The number of carbonyl (C=O) groups is 1. The Morgan fingerprint density at radius 1 is 1.08 bits per heavy atom. The molecule has 0 bridgehead atoms. The Labute approximate surface area is 134 Å². The maximum atomic E-state index is 13.1. The van der Waals surface area contributed by atoms with Crippen molar-refractivity contribution < 1.29 is 36.2 Å². The fourth-order valence-electron chi connectivity index (χ4n) is 2.54. The van der Waals surface area contributed by atoms with Crippen LogP contribution in [0.4, 0.5) is 26.3 Å². The highest BCUT2D eigenvalue weighted by atomic mass is 19.4. The molecular weight excluding hydrogens is 340 g/mol. The van der Waals surface area contributed by atoms with E-state index in [2.05, 4.69) is 0 Å². The number of hydrogen-bond donors (Lipinski definition) is 2. The summed E-state index contributed by atoms with van der Waals surface area (Å²) in [6.07, 6.45) is -10.2. The number of alkyl halides is 6. The van der Waals surface area contributed by atoms with Crippen molar-refractivity contribution in [3.8, 4) is 0 Å². The lowest BCUT2D eigenvalue weighted by Crippen LogP contribution is -2.33. The number of aliphatic carboxylic acids is 1. The average molecular weight is 357 g/mol. The van der Waals surface area contributed by atoms with E-state index in [4.69, 9.17) is 10.8 Å². The third-order valence-corrected chi connectivity index (χ3v) is 3.97. The summed E-state index contributed by atoms with van der Waals surface area (Å²) < 4.78 is 78.9. The summed E-state index contributed by atoms with van der Waals surface area (Å²) in [4.78, 5) is 10.8. The third kappa shape index (κ3) is 4.62. The summed E-state index contributed by atoms with van der Waals surface area (Å²) >= 11 is 0. The molecule has 3 N–H and O–H groups in total. The van der Waals surface area contributed by atoms with Gasteiger partial charge in [-0.25, -0.2) is 0 Å². The molecule has 1 aromatic rings. The lowest BCUT2D eigenvalue weighted by atomic mass is 9.80. The zero-order valence-corrected chi connectivity index (χ0v) is 12.9. The molecule has 0 saturated carbocycles. The average Bonchev–Trinajstić information content (AvgIpc) is 2.43. The van der Waals surface area contributed by atoms with Crippen LogP contribution >= 0.6 is 0 Å². The van der Waals surface area contributed by atoms with E-state index in [0.29, 0.717) is 18.2 Å². The molecule has 3 nitrogen and oxygen atoms in total. The predicted octanol–water partition coefficient (Wildman–Crippen LogP) is 4.27. The van der Waals surface area contributed by atoms with Crippen molar-refractivity contribution in [2.75, 3.05) is 0 Å². The van der Waals surface area contributed by atoms with Crippen molar-refractivity contribution in [3.05, 3.63) is 34.9 Å². The van der Waals surface area contributed by atoms with Crippen LogP contribution in [0.1, 0.15) is 42.9 Å². The zero-order chi connectivity index (χ0) is 18.9. The highest BCUT2D eigenvalue weighted by Gasteiger charge is 2.42. The molecule has 0 heterocycles. The largest absolute Gasteiger partial charge is 0.480 e. The summed E-state index contributed by atoms with van der Waals surface area (Å²) in [6.45, 7) is 2.58. The summed E-state index contributed by atoms with van der Waals surface area (Å²) in [5, 5.41) is 8.77. The van der Waals surface area contributed by atoms with Gasteiger partial charge in [0.2, 0.25) is 0 Å².